The van der Waals surface area contributed by atoms with Crippen molar-refractivity contribution in [2.45, 2.75) is 26.2 Å². The summed E-state index contributed by atoms with van der Waals surface area (Å²) in [5.41, 5.74) is 0. The lowest BCUT2D eigenvalue weighted by Gasteiger charge is -2.03. The van der Waals surface area contributed by atoms with Crippen molar-refractivity contribution in [2.75, 3.05) is 6.61 Å². The van der Waals surface area contributed by atoms with Crippen LogP contribution >= 0.6 is 0 Å². The fraction of sp³-hybridized carbons (Fsp3) is 0.750. The van der Waals surface area contributed by atoms with Crippen LogP contribution in [0.2, 0.25) is 0 Å². The molecule has 0 amide bonds. The maximum absolute atomic E-state index is 8.46. The summed E-state index contributed by atoms with van der Waals surface area (Å²) in [7, 11) is 0. The summed E-state index contributed by atoms with van der Waals surface area (Å²) in [6.07, 6.45) is 4.39. The number of rotatable bonds is 4. The summed E-state index contributed by atoms with van der Waals surface area (Å²) in [6, 6.07) is 0. The van der Waals surface area contributed by atoms with E-state index in [0.717, 1.165) is 19.3 Å². The fourth-order valence-electron chi connectivity index (χ4n) is 0.762. The molecular weight excluding hydrogens is 128 g/mol. The van der Waals surface area contributed by atoms with Crippen LogP contribution in [0.25, 0.3) is 0 Å². The topological polar surface area (TPSA) is 40.5 Å². The van der Waals surface area contributed by atoms with Gasteiger partial charge < -0.3 is 10.2 Å². The largest absolute Gasteiger partial charge is 0.462 e. The third-order valence-electron chi connectivity index (χ3n) is 1.38. The van der Waals surface area contributed by atoms with E-state index in [1.54, 1.807) is 0 Å². The second-order valence-electron chi connectivity index (χ2n) is 2.46. The maximum atomic E-state index is 8.46. The Morgan fingerprint density at radius 1 is 1.50 bits per heavy atom. The lowest BCUT2D eigenvalue weighted by Crippen LogP contribution is -1.94. The molecule has 0 aliphatic heterocycles. The SMILES string of the molecule is C[C@@H](CC#CO)CCCO. The summed E-state index contributed by atoms with van der Waals surface area (Å²) in [6.45, 7) is 2.30. The molecule has 1 atom stereocenters. The first-order valence-corrected chi connectivity index (χ1v) is 3.54. The van der Waals surface area contributed by atoms with E-state index in [2.05, 4.69) is 12.8 Å². The highest BCUT2D eigenvalue weighted by Gasteiger charge is 1.97. The molecule has 58 valence electrons. The molecule has 2 nitrogen and oxygen atoms in total. The minimum Gasteiger partial charge on any atom is -0.462 e. The molecule has 0 saturated heterocycles. The molecule has 0 heterocycles. The van der Waals surface area contributed by atoms with Crippen LogP contribution in [-0.4, -0.2) is 16.8 Å². The fourth-order valence-corrected chi connectivity index (χ4v) is 0.762. The Kier molecular flexibility index (Phi) is 6.00. The van der Waals surface area contributed by atoms with Crippen LogP contribution in [0.5, 0.6) is 0 Å². The standard InChI is InChI=1S/C8H14O2/c1-8(4-2-6-9)5-3-7-10/h8-10H,2,4-6H2,1H3/t8-/m1/s1. The average molecular weight is 142 g/mol. The first-order chi connectivity index (χ1) is 4.81. The monoisotopic (exact) mass is 142 g/mol. The van der Waals surface area contributed by atoms with Crippen molar-refractivity contribution in [1.29, 1.82) is 0 Å². The van der Waals surface area contributed by atoms with Gasteiger partial charge in [0.2, 0.25) is 0 Å². The Balaban J connectivity index is 3.21. The van der Waals surface area contributed by atoms with Crippen LogP contribution in [-0.2, 0) is 0 Å². The molecule has 0 bridgehead atoms. The highest BCUT2D eigenvalue weighted by atomic mass is 16.3. The number of hydrogen-bond acceptors (Lipinski definition) is 2. The molecule has 0 unspecified atom stereocenters. The molecule has 2 N–H and O–H groups in total. The summed E-state index contributed by atoms with van der Waals surface area (Å²) < 4.78 is 0. The van der Waals surface area contributed by atoms with Gasteiger partial charge in [-0.15, -0.1) is 0 Å². The Morgan fingerprint density at radius 2 is 2.20 bits per heavy atom. The Morgan fingerprint density at radius 3 is 2.70 bits per heavy atom. The Labute approximate surface area is 61.9 Å². The van der Waals surface area contributed by atoms with Crippen LogP contribution in [0.1, 0.15) is 26.2 Å². The third kappa shape index (κ3) is 5.46. The van der Waals surface area contributed by atoms with E-state index in [1.807, 2.05) is 6.11 Å². The molecule has 0 rings (SSSR count). The number of hydrogen-bond donors (Lipinski definition) is 2. The van der Waals surface area contributed by atoms with E-state index in [-0.39, 0.29) is 6.61 Å². The predicted molar refractivity (Wildman–Crippen MR) is 39.8 cm³/mol. The van der Waals surface area contributed by atoms with E-state index in [4.69, 9.17) is 10.2 Å². The quantitative estimate of drug-likeness (QED) is 0.577. The number of aliphatic hydroxyl groups excluding tert-OH is 2. The molecule has 0 aliphatic carbocycles. The van der Waals surface area contributed by atoms with Crippen molar-refractivity contribution in [3.63, 3.8) is 0 Å². The Bertz CT molecular complexity index is 121. The van der Waals surface area contributed by atoms with Crippen molar-refractivity contribution in [1.82, 2.24) is 0 Å². The van der Waals surface area contributed by atoms with Gasteiger partial charge in [0, 0.05) is 13.0 Å². The third-order valence-corrected chi connectivity index (χ3v) is 1.38. The van der Waals surface area contributed by atoms with E-state index in [0.29, 0.717) is 5.92 Å². The molecule has 0 aromatic carbocycles. The van der Waals surface area contributed by atoms with Crippen molar-refractivity contribution in [3.8, 4) is 12.0 Å². The molecular formula is C8H14O2. The highest BCUT2D eigenvalue weighted by Crippen LogP contribution is 2.07. The molecule has 2 heteroatoms. The van der Waals surface area contributed by atoms with E-state index in [1.165, 1.54) is 0 Å². The van der Waals surface area contributed by atoms with Crippen molar-refractivity contribution in [2.24, 2.45) is 5.92 Å². The van der Waals surface area contributed by atoms with Gasteiger partial charge in [0.25, 0.3) is 0 Å². The van der Waals surface area contributed by atoms with E-state index < -0.39 is 0 Å². The highest BCUT2D eigenvalue weighted by molar-refractivity contribution is 4.90. The second kappa shape index (κ2) is 6.44. The summed E-state index contributed by atoms with van der Waals surface area (Å²) >= 11 is 0. The lowest BCUT2D eigenvalue weighted by molar-refractivity contribution is 0.274. The molecule has 10 heavy (non-hydrogen) atoms. The summed E-state index contributed by atoms with van der Waals surface area (Å²) in [5, 5.41) is 16.6. The van der Waals surface area contributed by atoms with Crippen LogP contribution in [0.15, 0.2) is 0 Å². The summed E-state index contributed by atoms with van der Waals surface area (Å²) in [4.78, 5) is 0. The van der Waals surface area contributed by atoms with Crippen molar-refractivity contribution < 1.29 is 10.2 Å². The van der Waals surface area contributed by atoms with Crippen molar-refractivity contribution >= 4 is 0 Å². The maximum Gasteiger partial charge on any atom is 0.107 e. The normalized spacial score (nSPS) is 11.8. The smallest absolute Gasteiger partial charge is 0.107 e. The molecule has 0 spiro atoms. The van der Waals surface area contributed by atoms with Crippen molar-refractivity contribution in [3.05, 3.63) is 0 Å². The zero-order valence-electron chi connectivity index (χ0n) is 6.30. The van der Waals surface area contributed by atoms with Crippen LogP contribution < -0.4 is 0 Å². The lowest BCUT2D eigenvalue weighted by atomic mass is 10.0. The van der Waals surface area contributed by atoms with Gasteiger partial charge in [-0.25, -0.2) is 0 Å². The first kappa shape index (κ1) is 9.32. The van der Waals surface area contributed by atoms with Gasteiger partial charge in [-0.2, -0.15) is 0 Å². The number of aliphatic hydroxyl groups is 2. The molecule has 0 fully saturated rings. The van der Waals surface area contributed by atoms with Gasteiger partial charge in [-0.05, 0) is 18.8 Å². The first-order valence-electron chi connectivity index (χ1n) is 3.54. The van der Waals surface area contributed by atoms with Crippen LogP contribution in [0.3, 0.4) is 0 Å². The summed E-state index contributed by atoms with van der Waals surface area (Å²) in [5.74, 6) is 3.06. The Hall–Kier alpha value is -0.680. The molecule has 0 aliphatic rings. The van der Waals surface area contributed by atoms with E-state index >= 15 is 0 Å². The second-order valence-corrected chi connectivity index (χ2v) is 2.46. The minimum atomic E-state index is 0.247. The van der Waals surface area contributed by atoms with Gasteiger partial charge in [0.1, 0.15) is 6.11 Å². The molecule has 0 aromatic heterocycles. The predicted octanol–water partition coefficient (Wildman–Crippen LogP) is 1.12. The van der Waals surface area contributed by atoms with Gasteiger partial charge >= 0.3 is 0 Å². The zero-order valence-corrected chi connectivity index (χ0v) is 6.30. The molecule has 0 aromatic rings. The molecule has 0 saturated carbocycles. The van der Waals surface area contributed by atoms with Gasteiger partial charge in [0.05, 0.1) is 0 Å². The average Bonchev–Trinajstić information content (AvgIpc) is 1.97. The van der Waals surface area contributed by atoms with E-state index in [9.17, 15) is 0 Å². The zero-order chi connectivity index (χ0) is 7.82. The van der Waals surface area contributed by atoms with Gasteiger partial charge in [-0.3, -0.25) is 0 Å². The minimum absolute atomic E-state index is 0.247. The molecule has 0 radical (unpaired) electrons. The van der Waals surface area contributed by atoms with Gasteiger partial charge in [0.15, 0.2) is 0 Å². The van der Waals surface area contributed by atoms with Gasteiger partial charge in [-0.1, -0.05) is 12.8 Å². The van der Waals surface area contributed by atoms with Crippen LogP contribution in [0, 0.1) is 17.9 Å². The van der Waals surface area contributed by atoms with Crippen LogP contribution in [0.4, 0.5) is 0 Å².